The summed E-state index contributed by atoms with van der Waals surface area (Å²) < 4.78 is 13.3. The highest BCUT2D eigenvalue weighted by Gasteiger charge is 2.25. The molecule has 1 aromatic carbocycles. The second-order valence-corrected chi connectivity index (χ2v) is 6.46. The summed E-state index contributed by atoms with van der Waals surface area (Å²) in [4.78, 5) is 31.6. The molecule has 0 bridgehead atoms. The molecule has 0 unspecified atom stereocenters. The first kappa shape index (κ1) is 17.2. The molecule has 0 atom stereocenters. The molecule has 1 fully saturated rings. The molecule has 0 radical (unpaired) electrons. The SMILES string of the molecule is Cc1cc(CC(=O)N2CCN(C(=O)c3cccc(F)c3)CC2)c(C)[nH]1. The Kier molecular flexibility index (Phi) is 4.88. The van der Waals surface area contributed by atoms with Crippen molar-refractivity contribution in [2.75, 3.05) is 26.2 Å². The highest BCUT2D eigenvalue weighted by Crippen LogP contribution is 2.14. The maximum absolute atomic E-state index is 13.3. The first-order chi connectivity index (χ1) is 11.9. The molecule has 1 aromatic heterocycles. The Morgan fingerprint density at radius 1 is 1.08 bits per heavy atom. The van der Waals surface area contributed by atoms with Crippen molar-refractivity contribution in [2.24, 2.45) is 0 Å². The molecule has 0 spiro atoms. The van der Waals surface area contributed by atoms with Gasteiger partial charge in [-0.15, -0.1) is 0 Å². The van der Waals surface area contributed by atoms with Gasteiger partial charge in [0.25, 0.3) is 5.91 Å². The number of nitrogens with zero attached hydrogens (tertiary/aromatic N) is 2. The lowest BCUT2D eigenvalue weighted by molar-refractivity contribution is -0.131. The minimum absolute atomic E-state index is 0.0694. The molecule has 1 aliphatic rings. The molecule has 3 rings (SSSR count). The van der Waals surface area contributed by atoms with Gasteiger partial charge in [0.05, 0.1) is 6.42 Å². The zero-order chi connectivity index (χ0) is 18.0. The van der Waals surface area contributed by atoms with Gasteiger partial charge in [-0.2, -0.15) is 0 Å². The lowest BCUT2D eigenvalue weighted by atomic mass is 10.1. The predicted octanol–water partition coefficient (Wildman–Crippen LogP) is 2.30. The van der Waals surface area contributed by atoms with Gasteiger partial charge in [-0.1, -0.05) is 6.07 Å². The van der Waals surface area contributed by atoms with Gasteiger partial charge in [-0.05, 0) is 43.7 Å². The fraction of sp³-hybridized carbons (Fsp3) is 0.368. The second-order valence-electron chi connectivity index (χ2n) is 6.46. The molecule has 5 nitrogen and oxygen atoms in total. The number of aromatic nitrogens is 1. The summed E-state index contributed by atoms with van der Waals surface area (Å²) in [6.45, 7) is 5.87. The number of aryl methyl sites for hydroxylation is 2. The van der Waals surface area contributed by atoms with E-state index >= 15 is 0 Å². The molecule has 2 aromatic rings. The summed E-state index contributed by atoms with van der Waals surface area (Å²) in [5, 5.41) is 0. The summed E-state index contributed by atoms with van der Waals surface area (Å²) in [7, 11) is 0. The van der Waals surface area contributed by atoms with Crippen LogP contribution in [0.3, 0.4) is 0 Å². The van der Waals surface area contributed by atoms with E-state index < -0.39 is 5.82 Å². The Morgan fingerprint density at radius 2 is 1.76 bits per heavy atom. The van der Waals surface area contributed by atoms with E-state index in [0.29, 0.717) is 38.2 Å². The number of rotatable bonds is 3. The van der Waals surface area contributed by atoms with Crippen LogP contribution in [0.1, 0.15) is 27.3 Å². The molecule has 1 aliphatic heterocycles. The molecule has 2 heterocycles. The topological polar surface area (TPSA) is 56.4 Å². The fourth-order valence-corrected chi connectivity index (χ4v) is 3.20. The molecule has 25 heavy (non-hydrogen) atoms. The summed E-state index contributed by atoms with van der Waals surface area (Å²) >= 11 is 0. The Bertz CT molecular complexity index is 792. The zero-order valence-corrected chi connectivity index (χ0v) is 14.5. The molecule has 0 saturated carbocycles. The van der Waals surface area contributed by atoms with E-state index in [0.717, 1.165) is 17.0 Å². The van der Waals surface area contributed by atoms with Crippen molar-refractivity contribution in [1.29, 1.82) is 0 Å². The molecular formula is C19H22FN3O2. The standard InChI is InChI=1S/C19H22FN3O2/c1-13-10-16(14(2)21-13)12-18(24)22-6-8-23(9-7-22)19(25)15-4-3-5-17(20)11-15/h3-5,10-11,21H,6-9,12H2,1-2H3. The molecule has 132 valence electrons. The van der Waals surface area contributed by atoms with Crippen molar-refractivity contribution in [1.82, 2.24) is 14.8 Å². The van der Waals surface area contributed by atoms with E-state index in [4.69, 9.17) is 0 Å². The zero-order valence-electron chi connectivity index (χ0n) is 14.5. The van der Waals surface area contributed by atoms with Crippen LogP contribution in [0.2, 0.25) is 0 Å². The highest BCUT2D eigenvalue weighted by atomic mass is 19.1. The Morgan fingerprint density at radius 3 is 2.36 bits per heavy atom. The number of amides is 2. The van der Waals surface area contributed by atoms with Crippen molar-refractivity contribution in [3.05, 3.63) is 58.7 Å². The smallest absolute Gasteiger partial charge is 0.254 e. The minimum Gasteiger partial charge on any atom is -0.362 e. The first-order valence-electron chi connectivity index (χ1n) is 8.42. The average Bonchev–Trinajstić information content (AvgIpc) is 2.91. The maximum Gasteiger partial charge on any atom is 0.254 e. The summed E-state index contributed by atoms with van der Waals surface area (Å²) in [5.74, 6) is -0.541. The maximum atomic E-state index is 13.3. The summed E-state index contributed by atoms with van der Waals surface area (Å²) in [5.41, 5.74) is 3.43. The molecule has 0 aliphatic carbocycles. The van der Waals surface area contributed by atoms with Crippen LogP contribution in [-0.4, -0.2) is 52.8 Å². The molecule has 1 N–H and O–H groups in total. The van der Waals surface area contributed by atoms with Crippen LogP contribution in [0.25, 0.3) is 0 Å². The monoisotopic (exact) mass is 343 g/mol. The second kappa shape index (κ2) is 7.09. The summed E-state index contributed by atoms with van der Waals surface area (Å²) in [6, 6.07) is 7.70. The molecule has 2 amide bonds. The van der Waals surface area contributed by atoms with Crippen LogP contribution in [0, 0.1) is 19.7 Å². The van der Waals surface area contributed by atoms with E-state index in [1.165, 1.54) is 18.2 Å². The van der Waals surface area contributed by atoms with Crippen molar-refractivity contribution in [2.45, 2.75) is 20.3 Å². The van der Waals surface area contributed by atoms with Gasteiger partial charge in [0.15, 0.2) is 0 Å². The number of benzene rings is 1. The number of carbonyl (C=O) groups excluding carboxylic acids is 2. The average molecular weight is 343 g/mol. The quantitative estimate of drug-likeness (QED) is 0.930. The Balaban J connectivity index is 1.57. The third kappa shape index (κ3) is 3.90. The van der Waals surface area contributed by atoms with Crippen molar-refractivity contribution >= 4 is 11.8 Å². The van der Waals surface area contributed by atoms with E-state index in [-0.39, 0.29) is 11.8 Å². The number of piperazine rings is 1. The minimum atomic E-state index is -0.420. The Labute approximate surface area is 146 Å². The predicted molar refractivity (Wildman–Crippen MR) is 92.9 cm³/mol. The largest absolute Gasteiger partial charge is 0.362 e. The first-order valence-corrected chi connectivity index (χ1v) is 8.42. The van der Waals surface area contributed by atoms with Crippen LogP contribution in [0.5, 0.6) is 0 Å². The van der Waals surface area contributed by atoms with E-state index in [1.807, 2.05) is 19.9 Å². The molecule has 6 heteroatoms. The number of nitrogens with one attached hydrogen (secondary N) is 1. The number of hydrogen-bond donors (Lipinski definition) is 1. The fourth-order valence-electron chi connectivity index (χ4n) is 3.20. The van der Waals surface area contributed by atoms with Crippen LogP contribution in [-0.2, 0) is 11.2 Å². The number of H-pyrrole nitrogens is 1. The third-order valence-electron chi connectivity index (χ3n) is 4.59. The summed E-state index contributed by atoms with van der Waals surface area (Å²) in [6.07, 6.45) is 0.369. The van der Waals surface area contributed by atoms with Crippen molar-refractivity contribution in [3.8, 4) is 0 Å². The van der Waals surface area contributed by atoms with Crippen LogP contribution < -0.4 is 0 Å². The van der Waals surface area contributed by atoms with E-state index in [1.54, 1.807) is 15.9 Å². The van der Waals surface area contributed by atoms with Crippen LogP contribution >= 0.6 is 0 Å². The van der Waals surface area contributed by atoms with Gasteiger partial charge in [-0.25, -0.2) is 4.39 Å². The van der Waals surface area contributed by atoms with Gasteiger partial charge in [0.1, 0.15) is 5.82 Å². The van der Waals surface area contributed by atoms with Crippen LogP contribution in [0.4, 0.5) is 4.39 Å². The lowest BCUT2D eigenvalue weighted by Crippen LogP contribution is -2.51. The highest BCUT2D eigenvalue weighted by molar-refractivity contribution is 5.94. The van der Waals surface area contributed by atoms with Gasteiger partial charge >= 0.3 is 0 Å². The van der Waals surface area contributed by atoms with Crippen molar-refractivity contribution < 1.29 is 14.0 Å². The van der Waals surface area contributed by atoms with E-state index in [2.05, 4.69) is 4.98 Å². The van der Waals surface area contributed by atoms with Gasteiger partial charge in [-0.3, -0.25) is 9.59 Å². The van der Waals surface area contributed by atoms with E-state index in [9.17, 15) is 14.0 Å². The van der Waals surface area contributed by atoms with Crippen LogP contribution in [0.15, 0.2) is 30.3 Å². The number of halogens is 1. The number of carbonyl (C=O) groups is 2. The normalized spacial score (nSPS) is 14.7. The van der Waals surface area contributed by atoms with Crippen molar-refractivity contribution in [3.63, 3.8) is 0 Å². The number of aromatic amines is 1. The van der Waals surface area contributed by atoms with Gasteiger partial charge in [0, 0.05) is 43.1 Å². The number of hydrogen-bond acceptors (Lipinski definition) is 2. The van der Waals surface area contributed by atoms with Gasteiger partial charge in [0.2, 0.25) is 5.91 Å². The van der Waals surface area contributed by atoms with Gasteiger partial charge < -0.3 is 14.8 Å². The molecular weight excluding hydrogens is 321 g/mol. The Hall–Kier alpha value is -2.63. The third-order valence-corrected chi connectivity index (χ3v) is 4.59. The lowest BCUT2D eigenvalue weighted by Gasteiger charge is -2.35. The molecule has 1 saturated heterocycles.